The summed E-state index contributed by atoms with van der Waals surface area (Å²) in [5, 5.41) is 37.9. The Hall–Kier alpha value is -8.64. The number of benzene rings is 4. The summed E-state index contributed by atoms with van der Waals surface area (Å²) in [6.07, 6.45) is 34.8. The van der Waals surface area contributed by atoms with Crippen LogP contribution in [-0.2, 0) is 51.4 Å². The number of rotatable bonds is 37. The van der Waals surface area contributed by atoms with Crippen molar-refractivity contribution in [1.82, 2.24) is 19.9 Å². The lowest BCUT2D eigenvalue weighted by Gasteiger charge is -2.11. The maximum Gasteiger partial charge on any atom is 0.355 e. The minimum Gasteiger partial charge on any atom is -0.476 e. The van der Waals surface area contributed by atoms with E-state index < -0.39 is 23.9 Å². The van der Waals surface area contributed by atoms with Gasteiger partial charge < -0.3 is 20.4 Å². The van der Waals surface area contributed by atoms with Gasteiger partial charge in [-0.2, -0.15) is 0 Å². The number of carboxylic acid groups (broad SMARTS) is 4. The second-order valence-corrected chi connectivity index (χ2v) is 28.0. The molecule has 8 rings (SSSR count). The van der Waals surface area contributed by atoms with Gasteiger partial charge in [-0.25, -0.2) is 39.1 Å². The van der Waals surface area contributed by atoms with Crippen molar-refractivity contribution < 1.29 is 39.6 Å². The van der Waals surface area contributed by atoms with Gasteiger partial charge >= 0.3 is 23.9 Å². The van der Waals surface area contributed by atoms with Crippen LogP contribution in [0.4, 0.5) is 0 Å². The van der Waals surface area contributed by atoms with Crippen molar-refractivity contribution in [2.24, 2.45) is 23.7 Å². The number of hydrogen-bond acceptors (Lipinski definition) is 8. The molecular formula is C89H118N4O8. The van der Waals surface area contributed by atoms with Gasteiger partial charge in [0.15, 0.2) is 22.8 Å². The Morgan fingerprint density at radius 1 is 0.277 bits per heavy atom. The van der Waals surface area contributed by atoms with Crippen LogP contribution in [0, 0.1) is 23.7 Å². The van der Waals surface area contributed by atoms with Gasteiger partial charge in [0, 0.05) is 47.0 Å². The zero-order valence-electron chi connectivity index (χ0n) is 63.1. The highest BCUT2D eigenvalue weighted by Crippen LogP contribution is 2.31. The first-order valence-corrected chi connectivity index (χ1v) is 37.9. The van der Waals surface area contributed by atoms with Crippen LogP contribution in [0.5, 0.6) is 0 Å². The molecule has 0 fully saturated rings. The molecule has 0 amide bonds. The van der Waals surface area contributed by atoms with Crippen LogP contribution in [0.1, 0.15) is 279 Å². The molecule has 4 atom stereocenters. The maximum absolute atomic E-state index is 11.6. The lowest BCUT2D eigenvalue weighted by molar-refractivity contribution is 0.0680. The van der Waals surface area contributed by atoms with Crippen molar-refractivity contribution in [2.45, 2.75) is 244 Å². The number of hydrogen-bond donors (Lipinski definition) is 4. The first-order valence-electron chi connectivity index (χ1n) is 37.9. The molecule has 12 heteroatoms. The molecule has 4 aromatic carbocycles. The second-order valence-electron chi connectivity index (χ2n) is 28.0. The van der Waals surface area contributed by atoms with Crippen LogP contribution in [0.25, 0.3) is 44.5 Å². The number of aromatic nitrogens is 4. The normalized spacial score (nSPS) is 12.1. The summed E-state index contributed by atoms with van der Waals surface area (Å²) >= 11 is 0. The Morgan fingerprint density at radius 2 is 0.485 bits per heavy atom. The minimum atomic E-state index is -0.980. The van der Waals surface area contributed by atoms with Gasteiger partial charge in [0.1, 0.15) is 0 Å². The predicted molar refractivity (Wildman–Crippen MR) is 417 cm³/mol. The minimum absolute atomic E-state index is 0.125. The van der Waals surface area contributed by atoms with E-state index in [1.165, 1.54) is 80.0 Å². The van der Waals surface area contributed by atoms with E-state index >= 15 is 0 Å². The second kappa shape index (κ2) is 45.3. The van der Waals surface area contributed by atoms with E-state index in [1.807, 2.05) is 72.8 Å². The lowest BCUT2D eigenvalue weighted by Crippen LogP contribution is -2.05. The largest absolute Gasteiger partial charge is 0.476 e. The van der Waals surface area contributed by atoms with Gasteiger partial charge in [0.2, 0.25) is 0 Å². The van der Waals surface area contributed by atoms with Gasteiger partial charge in [-0.1, -0.05) is 270 Å². The van der Waals surface area contributed by atoms with Crippen LogP contribution in [0.15, 0.2) is 146 Å². The van der Waals surface area contributed by atoms with Gasteiger partial charge in [-0.3, -0.25) is 0 Å². The Bertz CT molecular complexity index is 3770. The molecule has 0 radical (unpaired) electrons. The van der Waals surface area contributed by atoms with Gasteiger partial charge in [0.25, 0.3) is 0 Å². The molecule has 4 N–H and O–H groups in total. The fraction of sp³-hybridized carbons (Fsp3) is 0.461. The van der Waals surface area contributed by atoms with Gasteiger partial charge in [0.05, 0.1) is 0 Å². The van der Waals surface area contributed by atoms with Crippen LogP contribution in [0.2, 0.25) is 0 Å². The third-order valence-electron chi connectivity index (χ3n) is 19.3. The Labute approximate surface area is 605 Å². The summed E-state index contributed by atoms with van der Waals surface area (Å²) in [5.41, 5.74) is 16.7. The number of unbranched alkanes of at least 4 members (excludes halogenated alkanes) is 9. The third-order valence-corrected chi connectivity index (χ3v) is 19.3. The van der Waals surface area contributed by atoms with Crippen LogP contribution >= 0.6 is 0 Å². The summed E-state index contributed by atoms with van der Waals surface area (Å²) < 4.78 is 0. The molecule has 0 saturated carbocycles. The van der Waals surface area contributed by atoms with Gasteiger partial charge in [-0.05, 0) is 185 Å². The molecule has 101 heavy (non-hydrogen) atoms. The fourth-order valence-electron chi connectivity index (χ4n) is 12.2. The zero-order valence-corrected chi connectivity index (χ0v) is 63.1. The van der Waals surface area contributed by atoms with Crippen LogP contribution < -0.4 is 0 Å². The van der Waals surface area contributed by atoms with Crippen molar-refractivity contribution in [3.63, 3.8) is 0 Å². The molecule has 8 aromatic rings. The number of pyridine rings is 4. The summed E-state index contributed by atoms with van der Waals surface area (Å²) in [6.45, 7) is 26.5. The summed E-state index contributed by atoms with van der Waals surface area (Å²) in [6, 6.07) is 41.0. The highest BCUT2D eigenvalue weighted by atomic mass is 16.4. The molecule has 12 nitrogen and oxygen atoms in total. The number of aryl methyl sites for hydroxylation is 4. The highest BCUT2D eigenvalue weighted by Gasteiger charge is 2.20. The standard InChI is InChI=1S/C24H33NO2.C23H31NO2.C22H29NO2.C20H25NO2/c1-4-6-7-8-9-10-20-16-22(23(24(26)27)25-17-20)21-13-11-19(12-14-21)15-18(3)5-2;1-4-6-7-8-9-19-15-21(22(23(25)26)24-16-19)20-12-10-18(11-13-20)14-17(3)5-2;1-4-6-7-8-18-14-20(21(22(24)25)23-15-18)19-11-9-17(10-12-19)13-16(3)5-2;1-4-6-16-12-18(19(20(22)23)21-13-16)17-9-7-15(8-10-17)11-14(3)5-2/h11-14,16-18H,4-10,15H2,1-3H3,(H,26,27);10-13,15-17H,4-9,14H2,1-3H3,(H,25,26);9-12,14-16H,4-8,13H2,1-3H3,(H,24,25);7-10,12-14H,4-6,11H2,1-3H3,(H,22,23)/t18-;17-;16-;14-/m0000/s1. The first kappa shape index (κ1) is 83.0. The maximum atomic E-state index is 11.6. The average Bonchev–Trinajstić information content (AvgIpc) is 0.837. The topological polar surface area (TPSA) is 201 Å². The van der Waals surface area contributed by atoms with E-state index in [0.29, 0.717) is 29.2 Å². The number of carboxylic acids is 4. The van der Waals surface area contributed by atoms with Crippen LogP contribution in [-0.4, -0.2) is 64.2 Å². The molecule has 0 bridgehead atoms. The molecule has 4 aromatic heterocycles. The number of nitrogens with zero attached hydrogens (tertiary/aromatic N) is 4. The first-order chi connectivity index (χ1) is 48.7. The fourth-order valence-corrected chi connectivity index (χ4v) is 12.2. The number of aromatic carboxylic acids is 4. The Morgan fingerprint density at radius 3 is 0.703 bits per heavy atom. The van der Waals surface area contributed by atoms with E-state index in [0.717, 1.165) is 164 Å². The predicted octanol–water partition coefficient (Wildman–Crippen LogP) is 23.5. The van der Waals surface area contributed by atoms with Gasteiger partial charge in [-0.15, -0.1) is 0 Å². The van der Waals surface area contributed by atoms with E-state index in [-0.39, 0.29) is 22.8 Å². The smallest absolute Gasteiger partial charge is 0.355 e. The molecular weight excluding hydrogens is 1250 g/mol. The molecule has 0 spiro atoms. The molecule has 4 heterocycles. The molecule has 542 valence electrons. The van der Waals surface area contributed by atoms with E-state index in [2.05, 4.69) is 152 Å². The lowest BCUT2D eigenvalue weighted by atomic mass is 9.95. The SMILES string of the molecule is CCCCCCCc1cnc(C(=O)O)c(-c2ccc(C[C@@H](C)CC)cc2)c1.CCCCCCc1cnc(C(=O)O)c(-c2ccc(C[C@@H](C)CC)cc2)c1.CCCCCc1cnc(C(=O)O)c(-c2ccc(C[C@@H](C)CC)cc2)c1.CCCc1cnc(C(=O)O)c(-c2ccc(C[C@@H](C)CC)cc2)c1. The Balaban J connectivity index is 0.000000243. The average molecular weight is 1370 g/mol. The Kier molecular flexibility index (Phi) is 37.2. The number of carbonyl (C=O) groups is 4. The van der Waals surface area contributed by atoms with Crippen molar-refractivity contribution in [2.75, 3.05) is 0 Å². The quantitative estimate of drug-likeness (QED) is 0.0269. The summed E-state index contributed by atoms with van der Waals surface area (Å²) in [5.74, 6) is -1.27. The van der Waals surface area contributed by atoms with E-state index in [1.54, 1.807) is 24.8 Å². The van der Waals surface area contributed by atoms with Crippen LogP contribution in [0.3, 0.4) is 0 Å². The summed E-state index contributed by atoms with van der Waals surface area (Å²) in [7, 11) is 0. The molecule has 0 aliphatic heterocycles. The molecule has 0 aliphatic carbocycles. The highest BCUT2D eigenvalue weighted by molar-refractivity contribution is 5.96. The zero-order chi connectivity index (χ0) is 73.6. The van der Waals surface area contributed by atoms with Crippen molar-refractivity contribution in [3.8, 4) is 44.5 Å². The van der Waals surface area contributed by atoms with Crippen molar-refractivity contribution >= 4 is 23.9 Å². The van der Waals surface area contributed by atoms with E-state index in [4.69, 9.17) is 0 Å². The summed E-state index contributed by atoms with van der Waals surface area (Å²) in [4.78, 5) is 63.1. The molecule has 0 saturated heterocycles. The molecule has 0 unspecified atom stereocenters. The van der Waals surface area contributed by atoms with Crippen molar-refractivity contribution in [3.05, 3.63) is 213 Å². The third kappa shape index (κ3) is 28.4. The van der Waals surface area contributed by atoms with E-state index in [9.17, 15) is 39.6 Å². The monoisotopic (exact) mass is 1370 g/mol. The molecule has 0 aliphatic rings. The van der Waals surface area contributed by atoms with Crippen molar-refractivity contribution in [1.29, 1.82) is 0 Å².